The largest absolute Gasteiger partial charge is 0.444 e. The van der Waals surface area contributed by atoms with Crippen LogP contribution in [0.25, 0.3) is 0 Å². The third kappa shape index (κ3) is 1.93. The number of aliphatic hydroxyl groups excluding tert-OH is 1. The van der Waals surface area contributed by atoms with E-state index in [1.807, 2.05) is 13.8 Å². The van der Waals surface area contributed by atoms with Crippen molar-refractivity contribution in [3.05, 3.63) is 0 Å². The highest BCUT2D eigenvalue weighted by Crippen LogP contribution is 2.55. The zero-order chi connectivity index (χ0) is 14.9. The predicted octanol–water partition coefficient (Wildman–Crippen LogP) is 1.02. The van der Waals surface area contributed by atoms with Gasteiger partial charge in [-0.2, -0.15) is 0 Å². The van der Waals surface area contributed by atoms with Crippen LogP contribution in [-0.4, -0.2) is 46.9 Å². The monoisotopic (exact) mass is 285 g/mol. The fourth-order valence-electron chi connectivity index (χ4n) is 3.43. The SMILES string of the molecule is C[C@@H]1[C@H](O)[C@H](C)[C@@]2(NC(=O)OC(C)(C)C)O[C@@H]1[C@@H]1O[C@@H]12. The Hall–Kier alpha value is -0.850. The minimum atomic E-state index is -0.969. The van der Waals surface area contributed by atoms with Gasteiger partial charge >= 0.3 is 6.09 Å². The van der Waals surface area contributed by atoms with Gasteiger partial charge in [-0.15, -0.1) is 0 Å². The number of ether oxygens (including phenoxy) is 3. The van der Waals surface area contributed by atoms with Gasteiger partial charge in [0.1, 0.15) is 17.8 Å². The molecule has 3 rings (SSSR count). The quantitative estimate of drug-likeness (QED) is 0.703. The van der Waals surface area contributed by atoms with E-state index in [1.165, 1.54) is 0 Å². The van der Waals surface area contributed by atoms with E-state index < -0.39 is 23.5 Å². The molecule has 114 valence electrons. The first kappa shape index (κ1) is 14.1. The van der Waals surface area contributed by atoms with Gasteiger partial charge in [0.25, 0.3) is 0 Å². The minimum Gasteiger partial charge on any atom is -0.444 e. The number of carbonyl (C=O) groups excluding carboxylic acids is 1. The van der Waals surface area contributed by atoms with Crippen molar-refractivity contribution in [3.8, 4) is 0 Å². The molecule has 2 N–H and O–H groups in total. The number of hydrogen-bond acceptors (Lipinski definition) is 5. The molecule has 3 heterocycles. The summed E-state index contributed by atoms with van der Waals surface area (Å²) in [6, 6.07) is 0. The van der Waals surface area contributed by atoms with Crippen LogP contribution < -0.4 is 5.32 Å². The summed E-state index contributed by atoms with van der Waals surface area (Å²) in [6.07, 6.45) is -1.45. The lowest BCUT2D eigenvalue weighted by Crippen LogP contribution is -2.65. The smallest absolute Gasteiger partial charge is 0.409 e. The van der Waals surface area contributed by atoms with E-state index >= 15 is 0 Å². The molecule has 0 aromatic heterocycles. The van der Waals surface area contributed by atoms with Crippen molar-refractivity contribution in [1.29, 1.82) is 0 Å². The van der Waals surface area contributed by atoms with Crippen molar-refractivity contribution >= 4 is 6.09 Å². The molecule has 3 fully saturated rings. The van der Waals surface area contributed by atoms with E-state index in [9.17, 15) is 9.90 Å². The van der Waals surface area contributed by atoms with Crippen molar-refractivity contribution in [3.63, 3.8) is 0 Å². The highest BCUT2D eigenvalue weighted by molar-refractivity contribution is 5.69. The van der Waals surface area contributed by atoms with E-state index in [-0.39, 0.29) is 30.1 Å². The number of hydrogen-bond donors (Lipinski definition) is 2. The molecule has 0 aromatic rings. The molecule has 1 amide bonds. The van der Waals surface area contributed by atoms with E-state index in [2.05, 4.69) is 5.32 Å². The zero-order valence-electron chi connectivity index (χ0n) is 12.5. The van der Waals surface area contributed by atoms with Crippen LogP contribution in [0.1, 0.15) is 34.6 Å². The molecule has 0 radical (unpaired) electrons. The summed E-state index contributed by atoms with van der Waals surface area (Å²) in [4.78, 5) is 12.1. The Labute approximate surface area is 118 Å². The summed E-state index contributed by atoms with van der Waals surface area (Å²) in [5.41, 5.74) is -1.55. The molecule has 2 bridgehead atoms. The second-order valence-corrected chi connectivity index (χ2v) is 7.16. The van der Waals surface area contributed by atoms with Crippen LogP contribution in [0.5, 0.6) is 0 Å². The maximum absolute atomic E-state index is 12.1. The molecule has 0 spiro atoms. The van der Waals surface area contributed by atoms with Gasteiger partial charge in [0.15, 0.2) is 5.72 Å². The predicted molar refractivity (Wildman–Crippen MR) is 70.0 cm³/mol. The lowest BCUT2D eigenvalue weighted by Gasteiger charge is -2.46. The van der Waals surface area contributed by atoms with Gasteiger partial charge in [-0.05, 0) is 20.8 Å². The molecule has 3 aliphatic rings. The van der Waals surface area contributed by atoms with Crippen molar-refractivity contribution in [1.82, 2.24) is 5.32 Å². The number of carbonyl (C=O) groups is 1. The van der Waals surface area contributed by atoms with Crippen LogP contribution in [0.2, 0.25) is 0 Å². The Kier molecular flexibility index (Phi) is 2.88. The van der Waals surface area contributed by atoms with Gasteiger partial charge in [0.2, 0.25) is 0 Å². The molecule has 3 saturated heterocycles. The maximum atomic E-state index is 12.1. The van der Waals surface area contributed by atoms with Crippen LogP contribution >= 0.6 is 0 Å². The summed E-state index contributed by atoms with van der Waals surface area (Å²) < 4.78 is 17.0. The third-order valence-corrected chi connectivity index (χ3v) is 4.55. The second-order valence-electron chi connectivity index (χ2n) is 7.16. The summed E-state index contributed by atoms with van der Waals surface area (Å²) in [5.74, 6) is -0.255. The average Bonchev–Trinajstić information content (AvgIpc) is 3.04. The summed E-state index contributed by atoms with van der Waals surface area (Å²) >= 11 is 0. The Bertz CT molecular complexity index is 434. The maximum Gasteiger partial charge on any atom is 0.409 e. The van der Waals surface area contributed by atoms with Crippen molar-refractivity contribution in [2.75, 3.05) is 0 Å². The van der Waals surface area contributed by atoms with E-state index in [4.69, 9.17) is 14.2 Å². The van der Waals surface area contributed by atoms with Gasteiger partial charge in [0, 0.05) is 11.8 Å². The van der Waals surface area contributed by atoms with Gasteiger partial charge in [-0.25, -0.2) is 4.79 Å². The topological polar surface area (TPSA) is 80.3 Å². The molecule has 0 saturated carbocycles. The van der Waals surface area contributed by atoms with Crippen molar-refractivity contribution < 1.29 is 24.1 Å². The molecule has 3 aliphatic heterocycles. The summed E-state index contributed by atoms with van der Waals surface area (Å²) in [7, 11) is 0. The molecule has 6 nitrogen and oxygen atoms in total. The molecule has 6 heteroatoms. The molecule has 7 atom stereocenters. The average molecular weight is 285 g/mol. The highest BCUT2D eigenvalue weighted by atomic mass is 16.7. The number of aliphatic hydroxyl groups is 1. The normalized spacial score (nSPS) is 49.5. The van der Waals surface area contributed by atoms with E-state index in [0.717, 1.165) is 0 Å². The number of rotatable bonds is 1. The van der Waals surface area contributed by atoms with Crippen LogP contribution in [-0.2, 0) is 14.2 Å². The number of fused-ring (bicyclic) bond motifs is 5. The Morgan fingerprint density at radius 1 is 1.30 bits per heavy atom. The first-order valence-electron chi connectivity index (χ1n) is 7.18. The van der Waals surface area contributed by atoms with Gasteiger partial charge in [-0.1, -0.05) is 13.8 Å². The standard InChI is InChI=1S/C14H23NO5/c1-6-8(16)7(2)14(11-10(18-11)9(6)19-14)15-12(17)20-13(3,4)5/h6-11,16H,1-5H3,(H,15,17)/t6-,7+,8+,9+,10+,11+,14-/m1/s1. The zero-order valence-corrected chi connectivity index (χ0v) is 12.5. The lowest BCUT2D eigenvalue weighted by molar-refractivity contribution is -0.231. The fraction of sp³-hybridized carbons (Fsp3) is 0.929. The molecule has 20 heavy (non-hydrogen) atoms. The Balaban J connectivity index is 1.79. The van der Waals surface area contributed by atoms with Crippen LogP contribution in [0.4, 0.5) is 4.79 Å². The number of amides is 1. The Morgan fingerprint density at radius 2 is 1.95 bits per heavy atom. The molecule has 0 aromatic carbocycles. The Morgan fingerprint density at radius 3 is 2.55 bits per heavy atom. The molecular formula is C14H23NO5. The number of nitrogens with one attached hydrogen (secondary N) is 1. The fourth-order valence-corrected chi connectivity index (χ4v) is 3.43. The number of epoxide rings is 1. The van der Waals surface area contributed by atoms with Crippen molar-refractivity contribution in [2.24, 2.45) is 11.8 Å². The highest BCUT2D eigenvalue weighted by Gasteiger charge is 2.74. The summed E-state index contributed by atoms with van der Waals surface area (Å²) in [5, 5.41) is 13.2. The lowest BCUT2D eigenvalue weighted by atomic mass is 9.83. The van der Waals surface area contributed by atoms with Crippen LogP contribution in [0, 0.1) is 11.8 Å². The number of alkyl carbamates (subject to hydrolysis) is 1. The second kappa shape index (κ2) is 4.08. The molecule has 0 aliphatic carbocycles. The first-order chi connectivity index (χ1) is 9.16. The molecule has 0 unspecified atom stereocenters. The first-order valence-corrected chi connectivity index (χ1v) is 7.18. The van der Waals surface area contributed by atoms with Gasteiger partial charge in [-0.3, -0.25) is 5.32 Å². The minimum absolute atomic E-state index is 0.00365. The van der Waals surface area contributed by atoms with Crippen LogP contribution in [0.3, 0.4) is 0 Å². The van der Waals surface area contributed by atoms with Crippen molar-refractivity contribution in [2.45, 2.75) is 70.4 Å². The van der Waals surface area contributed by atoms with Gasteiger partial charge in [0.05, 0.1) is 12.2 Å². The van der Waals surface area contributed by atoms with Crippen LogP contribution in [0.15, 0.2) is 0 Å². The summed E-state index contributed by atoms with van der Waals surface area (Å²) in [6.45, 7) is 9.24. The third-order valence-electron chi connectivity index (χ3n) is 4.55. The van der Waals surface area contributed by atoms with E-state index in [0.29, 0.717) is 0 Å². The van der Waals surface area contributed by atoms with Gasteiger partial charge < -0.3 is 19.3 Å². The molecular weight excluding hydrogens is 262 g/mol. The van der Waals surface area contributed by atoms with E-state index in [1.54, 1.807) is 20.8 Å².